The molecule has 15 heavy (non-hydrogen) atoms. The smallest absolute Gasteiger partial charge is 0.120 e. The third-order valence-electron chi connectivity index (χ3n) is 2.05. The SMILES string of the molecule is CCCOCC(O)c1cnnn1CCC. The Balaban J connectivity index is 2.48. The summed E-state index contributed by atoms with van der Waals surface area (Å²) in [6.45, 7) is 5.86. The van der Waals surface area contributed by atoms with Crippen molar-refractivity contribution >= 4 is 0 Å². The lowest BCUT2D eigenvalue weighted by Crippen LogP contribution is -2.14. The van der Waals surface area contributed by atoms with Gasteiger partial charge in [0.2, 0.25) is 0 Å². The molecule has 0 radical (unpaired) electrons. The van der Waals surface area contributed by atoms with Crippen LogP contribution in [0.25, 0.3) is 0 Å². The van der Waals surface area contributed by atoms with E-state index in [0.717, 1.165) is 25.1 Å². The summed E-state index contributed by atoms with van der Waals surface area (Å²) in [5, 5.41) is 17.5. The Morgan fingerprint density at radius 3 is 2.93 bits per heavy atom. The van der Waals surface area contributed by atoms with Crippen molar-refractivity contribution in [3.63, 3.8) is 0 Å². The van der Waals surface area contributed by atoms with E-state index < -0.39 is 6.10 Å². The summed E-state index contributed by atoms with van der Waals surface area (Å²) in [7, 11) is 0. The molecule has 0 fully saturated rings. The average molecular weight is 213 g/mol. The standard InChI is InChI=1S/C10H19N3O2/c1-3-5-13-9(7-11-12-13)10(14)8-15-6-4-2/h7,10,14H,3-6,8H2,1-2H3. The Morgan fingerprint density at radius 1 is 1.47 bits per heavy atom. The molecule has 86 valence electrons. The third kappa shape index (κ3) is 3.60. The summed E-state index contributed by atoms with van der Waals surface area (Å²) in [6.07, 6.45) is 2.89. The molecule has 1 N–H and O–H groups in total. The molecule has 1 atom stereocenters. The molecule has 0 aliphatic carbocycles. The highest BCUT2D eigenvalue weighted by Crippen LogP contribution is 2.11. The topological polar surface area (TPSA) is 60.2 Å². The molecule has 1 rings (SSSR count). The largest absolute Gasteiger partial charge is 0.384 e. The van der Waals surface area contributed by atoms with E-state index in [1.165, 1.54) is 0 Å². The molecule has 5 heteroatoms. The normalized spacial score (nSPS) is 13.0. The first-order valence-corrected chi connectivity index (χ1v) is 5.43. The second kappa shape index (κ2) is 6.53. The molecule has 5 nitrogen and oxygen atoms in total. The highest BCUT2D eigenvalue weighted by atomic mass is 16.5. The Labute approximate surface area is 90.1 Å². The zero-order chi connectivity index (χ0) is 11.1. The molecule has 0 amide bonds. The fourth-order valence-corrected chi connectivity index (χ4v) is 1.33. The molecule has 0 aliphatic heterocycles. The highest BCUT2D eigenvalue weighted by molar-refractivity contribution is 4.98. The van der Waals surface area contributed by atoms with E-state index in [0.29, 0.717) is 13.2 Å². The van der Waals surface area contributed by atoms with Crippen molar-refractivity contribution in [2.24, 2.45) is 0 Å². The van der Waals surface area contributed by atoms with E-state index in [2.05, 4.69) is 17.2 Å². The van der Waals surface area contributed by atoms with Crippen molar-refractivity contribution in [1.29, 1.82) is 0 Å². The summed E-state index contributed by atoms with van der Waals surface area (Å²) in [5.74, 6) is 0. The molecule has 1 unspecified atom stereocenters. The second-order valence-electron chi connectivity index (χ2n) is 3.47. The monoisotopic (exact) mass is 213 g/mol. The van der Waals surface area contributed by atoms with Gasteiger partial charge in [-0.3, -0.25) is 0 Å². The van der Waals surface area contributed by atoms with Crippen LogP contribution in [0.2, 0.25) is 0 Å². The first kappa shape index (κ1) is 12.1. The minimum Gasteiger partial charge on any atom is -0.384 e. The number of hydrogen-bond donors (Lipinski definition) is 1. The van der Waals surface area contributed by atoms with E-state index >= 15 is 0 Å². The zero-order valence-corrected chi connectivity index (χ0v) is 9.39. The molecule has 0 saturated heterocycles. The van der Waals surface area contributed by atoms with Crippen LogP contribution in [0.1, 0.15) is 38.5 Å². The van der Waals surface area contributed by atoms with Crippen molar-refractivity contribution in [2.75, 3.05) is 13.2 Å². The van der Waals surface area contributed by atoms with E-state index in [-0.39, 0.29) is 0 Å². The minimum absolute atomic E-state index is 0.310. The molecular weight excluding hydrogens is 194 g/mol. The minimum atomic E-state index is -0.627. The maximum Gasteiger partial charge on any atom is 0.120 e. The summed E-state index contributed by atoms with van der Waals surface area (Å²) < 4.78 is 7.00. The van der Waals surface area contributed by atoms with Crippen molar-refractivity contribution in [1.82, 2.24) is 15.0 Å². The number of ether oxygens (including phenoxy) is 1. The van der Waals surface area contributed by atoms with Gasteiger partial charge in [0.05, 0.1) is 18.5 Å². The van der Waals surface area contributed by atoms with E-state index in [1.807, 2.05) is 6.92 Å². The molecule has 0 saturated carbocycles. The van der Waals surface area contributed by atoms with E-state index in [4.69, 9.17) is 4.74 Å². The van der Waals surface area contributed by atoms with Gasteiger partial charge < -0.3 is 9.84 Å². The zero-order valence-electron chi connectivity index (χ0n) is 9.39. The number of aromatic nitrogens is 3. The maximum atomic E-state index is 9.82. The van der Waals surface area contributed by atoms with Crippen LogP contribution in [0.5, 0.6) is 0 Å². The van der Waals surface area contributed by atoms with E-state index in [1.54, 1.807) is 10.9 Å². The Kier molecular flexibility index (Phi) is 5.28. The quantitative estimate of drug-likeness (QED) is 0.690. The molecule has 0 aliphatic rings. The third-order valence-corrected chi connectivity index (χ3v) is 2.05. The van der Waals surface area contributed by atoms with Gasteiger partial charge in [-0.15, -0.1) is 5.10 Å². The highest BCUT2D eigenvalue weighted by Gasteiger charge is 2.13. The molecule has 1 heterocycles. The first-order valence-electron chi connectivity index (χ1n) is 5.43. The van der Waals surface area contributed by atoms with Gasteiger partial charge in [-0.25, -0.2) is 4.68 Å². The van der Waals surface area contributed by atoms with Crippen LogP contribution in [0.4, 0.5) is 0 Å². The number of hydrogen-bond acceptors (Lipinski definition) is 4. The van der Waals surface area contributed by atoms with Gasteiger partial charge in [0.15, 0.2) is 0 Å². The Morgan fingerprint density at radius 2 is 2.27 bits per heavy atom. The molecule has 0 bridgehead atoms. The van der Waals surface area contributed by atoms with Gasteiger partial charge in [0, 0.05) is 13.2 Å². The van der Waals surface area contributed by atoms with Crippen LogP contribution in [0, 0.1) is 0 Å². The number of aliphatic hydroxyl groups is 1. The lowest BCUT2D eigenvalue weighted by molar-refractivity contribution is 0.0318. The summed E-state index contributed by atoms with van der Waals surface area (Å²) >= 11 is 0. The van der Waals surface area contributed by atoms with Gasteiger partial charge in [-0.2, -0.15) is 0 Å². The fraction of sp³-hybridized carbons (Fsp3) is 0.800. The predicted octanol–water partition coefficient (Wildman–Crippen LogP) is 1.15. The second-order valence-corrected chi connectivity index (χ2v) is 3.47. The molecule has 0 spiro atoms. The van der Waals surface area contributed by atoms with Crippen LogP contribution in [0.15, 0.2) is 6.20 Å². The van der Waals surface area contributed by atoms with Crippen molar-refractivity contribution in [2.45, 2.75) is 39.3 Å². The number of aryl methyl sites for hydroxylation is 1. The summed E-state index contributed by atoms with van der Waals surface area (Å²) in [5.41, 5.74) is 0.730. The van der Waals surface area contributed by atoms with Crippen LogP contribution in [-0.2, 0) is 11.3 Å². The Hall–Kier alpha value is -0.940. The lowest BCUT2D eigenvalue weighted by Gasteiger charge is -2.11. The molecule has 0 aromatic carbocycles. The fourth-order valence-electron chi connectivity index (χ4n) is 1.33. The van der Waals surface area contributed by atoms with Gasteiger partial charge in [0.1, 0.15) is 6.10 Å². The van der Waals surface area contributed by atoms with Crippen LogP contribution >= 0.6 is 0 Å². The molecular formula is C10H19N3O2. The summed E-state index contributed by atoms with van der Waals surface area (Å²) in [4.78, 5) is 0. The predicted molar refractivity (Wildman–Crippen MR) is 56.4 cm³/mol. The summed E-state index contributed by atoms with van der Waals surface area (Å²) in [6, 6.07) is 0. The lowest BCUT2D eigenvalue weighted by atomic mass is 10.3. The Bertz CT molecular complexity index is 275. The van der Waals surface area contributed by atoms with E-state index in [9.17, 15) is 5.11 Å². The van der Waals surface area contributed by atoms with Crippen LogP contribution in [-0.4, -0.2) is 33.3 Å². The number of nitrogens with zero attached hydrogens (tertiary/aromatic N) is 3. The maximum absolute atomic E-state index is 9.82. The van der Waals surface area contributed by atoms with Gasteiger partial charge in [-0.05, 0) is 12.8 Å². The number of aliphatic hydroxyl groups excluding tert-OH is 1. The van der Waals surface area contributed by atoms with Crippen molar-refractivity contribution < 1.29 is 9.84 Å². The van der Waals surface area contributed by atoms with Gasteiger partial charge in [0.25, 0.3) is 0 Å². The van der Waals surface area contributed by atoms with Crippen LogP contribution in [0.3, 0.4) is 0 Å². The van der Waals surface area contributed by atoms with Crippen molar-refractivity contribution in [3.05, 3.63) is 11.9 Å². The van der Waals surface area contributed by atoms with Crippen LogP contribution < -0.4 is 0 Å². The van der Waals surface area contributed by atoms with Gasteiger partial charge in [-0.1, -0.05) is 19.1 Å². The average Bonchev–Trinajstić information content (AvgIpc) is 2.67. The molecule has 1 aromatic heterocycles. The number of rotatable bonds is 7. The first-order chi connectivity index (χ1) is 7.29. The van der Waals surface area contributed by atoms with Crippen molar-refractivity contribution in [3.8, 4) is 0 Å². The molecule has 1 aromatic rings. The van der Waals surface area contributed by atoms with Gasteiger partial charge >= 0.3 is 0 Å².